The summed E-state index contributed by atoms with van der Waals surface area (Å²) < 4.78 is 4.77. The molecular formula is C11H15Cl2NO3. The predicted octanol–water partition coefficient (Wildman–Crippen LogP) is 2.42. The zero-order valence-electron chi connectivity index (χ0n) is 9.35. The Morgan fingerprint density at radius 1 is 1.59 bits per heavy atom. The summed E-state index contributed by atoms with van der Waals surface area (Å²) in [6.45, 7) is 2.04. The van der Waals surface area contributed by atoms with E-state index in [1.807, 2.05) is 0 Å². The number of rotatable bonds is 4. The van der Waals surface area contributed by atoms with Crippen LogP contribution in [-0.2, 0) is 9.53 Å². The molecule has 0 unspecified atom stereocenters. The second-order valence-electron chi connectivity index (χ2n) is 3.32. The van der Waals surface area contributed by atoms with Crippen LogP contribution in [0.1, 0.15) is 24.9 Å². The summed E-state index contributed by atoms with van der Waals surface area (Å²) in [6, 6.07) is 3.93. The molecule has 0 aliphatic carbocycles. The van der Waals surface area contributed by atoms with Gasteiger partial charge in [0.2, 0.25) is 0 Å². The van der Waals surface area contributed by atoms with Crippen molar-refractivity contribution in [2.24, 2.45) is 5.73 Å². The third-order valence-corrected chi connectivity index (χ3v) is 2.32. The highest BCUT2D eigenvalue weighted by Gasteiger charge is 2.16. The molecule has 6 heteroatoms. The molecule has 4 nitrogen and oxygen atoms in total. The molecule has 1 aromatic rings. The van der Waals surface area contributed by atoms with Crippen molar-refractivity contribution in [3.8, 4) is 5.75 Å². The summed E-state index contributed by atoms with van der Waals surface area (Å²) in [6.07, 6.45) is 0.0156. The van der Waals surface area contributed by atoms with E-state index in [9.17, 15) is 9.90 Å². The number of hydrogen-bond donors (Lipinski definition) is 2. The number of phenols is 1. The molecule has 1 atom stereocenters. The van der Waals surface area contributed by atoms with Crippen molar-refractivity contribution in [3.05, 3.63) is 28.8 Å². The van der Waals surface area contributed by atoms with E-state index in [1.54, 1.807) is 19.1 Å². The number of aromatic hydroxyl groups is 1. The Morgan fingerprint density at radius 2 is 2.24 bits per heavy atom. The zero-order valence-corrected chi connectivity index (χ0v) is 10.9. The molecular weight excluding hydrogens is 265 g/mol. The van der Waals surface area contributed by atoms with Gasteiger partial charge in [-0.25, -0.2) is 0 Å². The maximum absolute atomic E-state index is 11.2. The van der Waals surface area contributed by atoms with Gasteiger partial charge in [-0.3, -0.25) is 4.79 Å². The second-order valence-corrected chi connectivity index (χ2v) is 3.76. The van der Waals surface area contributed by atoms with Gasteiger partial charge in [-0.05, 0) is 25.1 Å². The van der Waals surface area contributed by atoms with Gasteiger partial charge in [-0.15, -0.1) is 12.4 Å². The van der Waals surface area contributed by atoms with Crippen molar-refractivity contribution in [2.75, 3.05) is 6.61 Å². The maximum atomic E-state index is 11.2. The lowest BCUT2D eigenvalue weighted by Crippen LogP contribution is -2.17. The van der Waals surface area contributed by atoms with Crippen LogP contribution in [-0.4, -0.2) is 17.7 Å². The molecule has 0 amide bonds. The Labute approximate surface area is 111 Å². The van der Waals surface area contributed by atoms with Crippen molar-refractivity contribution in [1.29, 1.82) is 0 Å². The van der Waals surface area contributed by atoms with Gasteiger partial charge < -0.3 is 15.6 Å². The Hall–Kier alpha value is -0.970. The van der Waals surface area contributed by atoms with E-state index in [1.165, 1.54) is 6.07 Å². The SMILES string of the molecule is CCOC(=O)C[C@@H](N)c1cc(Cl)ccc1O.Cl. The lowest BCUT2D eigenvalue weighted by Gasteiger charge is -2.13. The molecule has 0 bridgehead atoms. The highest BCUT2D eigenvalue weighted by Crippen LogP contribution is 2.27. The summed E-state index contributed by atoms with van der Waals surface area (Å²) in [5, 5.41) is 10.0. The number of carbonyl (C=O) groups excluding carboxylic acids is 1. The normalized spacial score (nSPS) is 11.5. The number of hydrogen-bond acceptors (Lipinski definition) is 4. The van der Waals surface area contributed by atoms with E-state index in [0.717, 1.165) is 0 Å². The Bertz CT molecular complexity index is 385. The molecule has 96 valence electrons. The van der Waals surface area contributed by atoms with Crippen LogP contribution in [0.25, 0.3) is 0 Å². The quantitative estimate of drug-likeness (QED) is 0.831. The van der Waals surface area contributed by atoms with E-state index < -0.39 is 12.0 Å². The molecule has 3 N–H and O–H groups in total. The first-order valence-corrected chi connectivity index (χ1v) is 5.32. The first kappa shape index (κ1) is 16.0. The van der Waals surface area contributed by atoms with E-state index in [4.69, 9.17) is 22.1 Å². The molecule has 0 saturated carbocycles. The van der Waals surface area contributed by atoms with Crippen LogP contribution in [0.2, 0.25) is 5.02 Å². The zero-order chi connectivity index (χ0) is 12.1. The Balaban J connectivity index is 0.00000256. The minimum Gasteiger partial charge on any atom is -0.508 e. The van der Waals surface area contributed by atoms with E-state index in [-0.39, 0.29) is 24.6 Å². The van der Waals surface area contributed by atoms with Gasteiger partial charge in [-0.1, -0.05) is 11.6 Å². The van der Waals surface area contributed by atoms with Crippen molar-refractivity contribution in [3.63, 3.8) is 0 Å². The van der Waals surface area contributed by atoms with Crippen molar-refractivity contribution >= 4 is 30.0 Å². The lowest BCUT2D eigenvalue weighted by molar-refractivity contribution is -0.143. The minimum atomic E-state index is -0.613. The van der Waals surface area contributed by atoms with Crippen LogP contribution < -0.4 is 5.73 Å². The third kappa shape index (κ3) is 4.81. The molecule has 0 spiro atoms. The number of nitrogens with two attached hydrogens (primary N) is 1. The molecule has 0 radical (unpaired) electrons. The molecule has 1 aromatic carbocycles. The first-order valence-electron chi connectivity index (χ1n) is 4.94. The molecule has 0 fully saturated rings. The highest BCUT2D eigenvalue weighted by molar-refractivity contribution is 6.30. The molecule has 0 aromatic heterocycles. The Kier molecular flexibility index (Phi) is 6.95. The van der Waals surface area contributed by atoms with Gasteiger partial charge in [0.1, 0.15) is 5.75 Å². The van der Waals surface area contributed by atoms with E-state index >= 15 is 0 Å². The Morgan fingerprint density at radius 3 is 2.82 bits per heavy atom. The second kappa shape index (κ2) is 7.37. The van der Waals surface area contributed by atoms with Gasteiger partial charge >= 0.3 is 5.97 Å². The van der Waals surface area contributed by atoms with Crippen molar-refractivity contribution < 1.29 is 14.6 Å². The first-order chi connectivity index (χ1) is 7.54. The van der Waals surface area contributed by atoms with Crippen LogP contribution in [0, 0.1) is 0 Å². The molecule has 0 aliphatic rings. The fourth-order valence-corrected chi connectivity index (χ4v) is 1.51. The summed E-state index contributed by atoms with van der Waals surface area (Å²) in [5.74, 6) is -0.365. The number of carbonyl (C=O) groups is 1. The number of halogens is 2. The summed E-state index contributed by atoms with van der Waals surface area (Å²) in [4.78, 5) is 11.2. The van der Waals surface area contributed by atoms with Crippen molar-refractivity contribution in [1.82, 2.24) is 0 Å². The van der Waals surface area contributed by atoms with E-state index in [0.29, 0.717) is 17.2 Å². The molecule has 17 heavy (non-hydrogen) atoms. The largest absolute Gasteiger partial charge is 0.508 e. The number of esters is 1. The fourth-order valence-electron chi connectivity index (χ4n) is 1.33. The van der Waals surface area contributed by atoms with Gasteiger partial charge in [0.15, 0.2) is 0 Å². The minimum absolute atomic E-state index is 0. The lowest BCUT2D eigenvalue weighted by atomic mass is 10.0. The standard InChI is InChI=1S/C11H14ClNO3.ClH/c1-2-16-11(15)6-9(13)8-5-7(12)3-4-10(8)14;/h3-5,9,14H,2,6,13H2,1H3;1H/t9-;/m1./s1. The predicted molar refractivity (Wildman–Crippen MR) is 68.5 cm³/mol. The fraction of sp³-hybridized carbons (Fsp3) is 0.364. The monoisotopic (exact) mass is 279 g/mol. The molecule has 0 aliphatic heterocycles. The molecule has 1 rings (SSSR count). The van der Waals surface area contributed by atoms with Gasteiger partial charge in [0.25, 0.3) is 0 Å². The number of benzene rings is 1. The van der Waals surface area contributed by atoms with Gasteiger partial charge in [-0.2, -0.15) is 0 Å². The van der Waals surface area contributed by atoms with Crippen LogP contribution >= 0.6 is 24.0 Å². The maximum Gasteiger partial charge on any atom is 0.307 e. The molecule has 0 heterocycles. The average Bonchev–Trinajstić information content (AvgIpc) is 2.21. The summed E-state index contributed by atoms with van der Waals surface area (Å²) in [7, 11) is 0. The van der Waals surface area contributed by atoms with Crippen LogP contribution in [0.3, 0.4) is 0 Å². The van der Waals surface area contributed by atoms with E-state index in [2.05, 4.69) is 0 Å². The van der Waals surface area contributed by atoms with Gasteiger partial charge in [0, 0.05) is 16.6 Å². The summed E-state index contributed by atoms with van der Waals surface area (Å²) >= 11 is 5.78. The van der Waals surface area contributed by atoms with Crippen LogP contribution in [0.15, 0.2) is 18.2 Å². The summed E-state index contributed by atoms with van der Waals surface area (Å²) in [5.41, 5.74) is 6.22. The highest BCUT2D eigenvalue weighted by atomic mass is 35.5. The molecule has 0 saturated heterocycles. The van der Waals surface area contributed by atoms with Gasteiger partial charge in [0.05, 0.1) is 13.0 Å². The number of ether oxygens (including phenoxy) is 1. The van der Waals surface area contributed by atoms with Crippen LogP contribution in [0.5, 0.6) is 5.75 Å². The smallest absolute Gasteiger partial charge is 0.307 e. The average molecular weight is 280 g/mol. The van der Waals surface area contributed by atoms with Crippen LogP contribution in [0.4, 0.5) is 0 Å². The number of phenolic OH excluding ortho intramolecular Hbond substituents is 1. The third-order valence-electron chi connectivity index (χ3n) is 2.08. The topological polar surface area (TPSA) is 72.5 Å². The van der Waals surface area contributed by atoms with Crippen molar-refractivity contribution in [2.45, 2.75) is 19.4 Å².